The molecule has 27 heavy (non-hydrogen) atoms. The largest absolute Gasteiger partial charge is 0.348 e. The summed E-state index contributed by atoms with van der Waals surface area (Å²) in [5.41, 5.74) is 2.80. The number of carbonyl (C=O) groups is 2. The quantitative estimate of drug-likeness (QED) is 0.656. The monoisotopic (exact) mass is 386 g/mol. The lowest BCUT2D eigenvalue weighted by Gasteiger charge is -2.32. The second-order valence-corrected chi connectivity index (χ2v) is 8.46. The Morgan fingerprint density at radius 3 is 2.41 bits per heavy atom. The van der Waals surface area contributed by atoms with E-state index in [2.05, 4.69) is 46.3 Å². The molecule has 0 aliphatic carbocycles. The maximum absolute atomic E-state index is 12.2. The predicted octanol–water partition coefficient (Wildman–Crippen LogP) is 1.32. The Hall–Kier alpha value is -2.18. The third-order valence-corrected chi connectivity index (χ3v) is 5.96. The van der Waals surface area contributed by atoms with Crippen LogP contribution in [0.25, 0.3) is 0 Å². The Morgan fingerprint density at radius 2 is 1.74 bits per heavy atom. The third-order valence-electron chi connectivity index (χ3n) is 4.97. The maximum Gasteiger partial charge on any atom is 0.309 e. The van der Waals surface area contributed by atoms with Crippen molar-refractivity contribution < 1.29 is 14.5 Å². The number of nitrogens with one attached hydrogen (secondary N) is 3. The van der Waals surface area contributed by atoms with Crippen molar-refractivity contribution in [2.45, 2.75) is 32.9 Å². The Kier molecular flexibility index (Phi) is 6.63. The Morgan fingerprint density at radius 1 is 1.04 bits per heavy atom. The molecule has 0 spiro atoms. The van der Waals surface area contributed by atoms with Gasteiger partial charge in [0.1, 0.15) is 12.6 Å². The number of hydrogen-bond donors (Lipinski definition) is 3. The summed E-state index contributed by atoms with van der Waals surface area (Å²) in [6, 6.07) is 12.9. The van der Waals surface area contributed by atoms with Gasteiger partial charge in [-0.25, -0.2) is 0 Å². The van der Waals surface area contributed by atoms with Crippen molar-refractivity contribution in [3.63, 3.8) is 0 Å². The third kappa shape index (κ3) is 5.17. The minimum absolute atomic E-state index is 0.153. The highest BCUT2D eigenvalue weighted by Gasteiger charge is 2.30. The van der Waals surface area contributed by atoms with Crippen LogP contribution >= 0.6 is 11.3 Å². The molecule has 1 unspecified atom stereocenters. The topological polar surface area (TPSA) is 62.6 Å². The summed E-state index contributed by atoms with van der Waals surface area (Å²) in [5.74, 6) is -0.778. The zero-order valence-electron chi connectivity index (χ0n) is 16.0. The SMILES string of the molecule is CC(C)CNC(=O)C(=O)NC[C@H](c1cccs1)[NH+]1CCc2ccccc2C1. The van der Waals surface area contributed by atoms with Gasteiger partial charge in [-0.05, 0) is 22.9 Å². The second-order valence-electron chi connectivity index (χ2n) is 7.49. The number of benzene rings is 1. The zero-order valence-corrected chi connectivity index (χ0v) is 16.8. The van der Waals surface area contributed by atoms with E-state index in [0.717, 1.165) is 19.5 Å². The summed E-state index contributed by atoms with van der Waals surface area (Å²) in [4.78, 5) is 26.8. The van der Waals surface area contributed by atoms with Gasteiger partial charge in [0.2, 0.25) is 0 Å². The molecule has 144 valence electrons. The van der Waals surface area contributed by atoms with E-state index >= 15 is 0 Å². The molecule has 2 atom stereocenters. The highest BCUT2D eigenvalue weighted by Crippen LogP contribution is 2.19. The molecule has 6 heteroatoms. The normalized spacial score (nSPS) is 17.2. The van der Waals surface area contributed by atoms with E-state index in [1.54, 1.807) is 11.3 Å². The molecule has 0 fully saturated rings. The van der Waals surface area contributed by atoms with Crippen molar-refractivity contribution in [2.75, 3.05) is 19.6 Å². The molecule has 1 aliphatic heterocycles. The van der Waals surface area contributed by atoms with Crippen LogP contribution in [0.1, 0.15) is 35.9 Å². The van der Waals surface area contributed by atoms with Crippen LogP contribution in [-0.2, 0) is 22.6 Å². The molecular weight excluding hydrogens is 358 g/mol. The number of carbonyl (C=O) groups excluding carboxylic acids is 2. The van der Waals surface area contributed by atoms with Gasteiger partial charge in [-0.15, -0.1) is 11.3 Å². The van der Waals surface area contributed by atoms with Crippen molar-refractivity contribution in [3.8, 4) is 0 Å². The summed E-state index contributed by atoms with van der Waals surface area (Å²) >= 11 is 1.71. The fourth-order valence-corrected chi connectivity index (χ4v) is 4.37. The average molecular weight is 387 g/mol. The molecule has 0 saturated carbocycles. The number of rotatable bonds is 6. The molecule has 2 heterocycles. The molecule has 1 aromatic carbocycles. The van der Waals surface area contributed by atoms with Crippen LogP contribution in [0.5, 0.6) is 0 Å². The molecule has 3 N–H and O–H groups in total. The second kappa shape index (κ2) is 9.15. The molecule has 0 bridgehead atoms. The van der Waals surface area contributed by atoms with E-state index in [1.165, 1.54) is 20.9 Å². The van der Waals surface area contributed by atoms with Crippen molar-refractivity contribution in [1.29, 1.82) is 0 Å². The van der Waals surface area contributed by atoms with Gasteiger partial charge < -0.3 is 15.5 Å². The zero-order chi connectivity index (χ0) is 19.2. The van der Waals surface area contributed by atoms with Crippen LogP contribution < -0.4 is 15.5 Å². The van der Waals surface area contributed by atoms with E-state index in [-0.39, 0.29) is 6.04 Å². The molecule has 0 radical (unpaired) electrons. The number of amides is 2. The Bertz CT molecular complexity index is 773. The Labute approximate surface area is 164 Å². The predicted molar refractivity (Wildman–Crippen MR) is 108 cm³/mol. The van der Waals surface area contributed by atoms with Gasteiger partial charge in [-0.1, -0.05) is 44.2 Å². The molecule has 1 aliphatic rings. The minimum atomic E-state index is -0.549. The highest BCUT2D eigenvalue weighted by atomic mass is 32.1. The van der Waals surface area contributed by atoms with Crippen LogP contribution in [0.3, 0.4) is 0 Å². The smallest absolute Gasteiger partial charge is 0.309 e. The van der Waals surface area contributed by atoms with Crippen LogP contribution in [0.15, 0.2) is 41.8 Å². The van der Waals surface area contributed by atoms with E-state index < -0.39 is 11.8 Å². The van der Waals surface area contributed by atoms with Crippen LogP contribution in [0, 0.1) is 5.92 Å². The average Bonchev–Trinajstić information content (AvgIpc) is 3.20. The fourth-order valence-electron chi connectivity index (χ4n) is 3.49. The van der Waals surface area contributed by atoms with Gasteiger partial charge >= 0.3 is 11.8 Å². The number of hydrogen-bond acceptors (Lipinski definition) is 3. The van der Waals surface area contributed by atoms with Gasteiger partial charge in [0.05, 0.1) is 18.0 Å². The molecular formula is C21H28N3O2S+. The first-order chi connectivity index (χ1) is 13.0. The number of quaternary nitrogens is 1. The summed E-state index contributed by atoms with van der Waals surface area (Å²) in [5, 5.41) is 7.59. The van der Waals surface area contributed by atoms with E-state index in [4.69, 9.17) is 0 Å². The van der Waals surface area contributed by atoms with Crippen LogP contribution in [-0.4, -0.2) is 31.4 Å². The molecule has 3 rings (SSSR count). The lowest BCUT2D eigenvalue weighted by molar-refractivity contribution is -0.945. The lowest BCUT2D eigenvalue weighted by atomic mass is 9.98. The van der Waals surface area contributed by atoms with E-state index in [0.29, 0.717) is 19.0 Å². The maximum atomic E-state index is 12.2. The molecule has 0 saturated heterocycles. The van der Waals surface area contributed by atoms with Crippen molar-refractivity contribution in [3.05, 3.63) is 57.8 Å². The Balaban J connectivity index is 1.65. The molecule has 1 aromatic heterocycles. The van der Waals surface area contributed by atoms with Gasteiger partial charge in [0.15, 0.2) is 0 Å². The van der Waals surface area contributed by atoms with Crippen LogP contribution in [0.2, 0.25) is 0 Å². The first-order valence-corrected chi connectivity index (χ1v) is 10.4. The lowest BCUT2D eigenvalue weighted by Crippen LogP contribution is -3.12. The van der Waals surface area contributed by atoms with Gasteiger partial charge in [-0.2, -0.15) is 0 Å². The number of fused-ring (bicyclic) bond motifs is 1. The molecule has 5 nitrogen and oxygen atoms in total. The van der Waals surface area contributed by atoms with Crippen molar-refractivity contribution in [2.24, 2.45) is 5.92 Å². The van der Waals surface area contributed by atoms with Gasteiger partial charge in [0.25, 0.3) is 0 Å². The summed E-state index contributed by atoms with van der Waals surface area (Å²) in [6.45, 7) is 6.94. The molecule has 2 aromatic rings. The van der Waals surface area contributed by atoms with Crippen molar-refractivity contribution in [1.82, 2.24) is 10.6 Å². The fraction of sp³-hybridized carbons (Fsp3) is 0.429. The minimum Gasteiger partial charge on any atom is -0.348 e. The number of thiophene rings is 1. The first kappa shape index (κ1) is 19.6. The van der Waals surface area contributed by atoms with Gasteiger partial charge in [0, 0.05) is 18.5 Å². The van der Waals surface area contributed by atoms with Crippen molar-refractivity contribution >= 4 is 23.2 Å². The summed E-state index contributed by atoms with van der Waals surface area (Å²) < 4.78 is 0. The van der Waals surface area contributed by atoms with Crippen LogP contribution in [0.4, 0.5) is 0 Å². The first-order valence-electron chi connectivity index (χ1n) is 9.55. The summed E-state index contributed by atoms with van der Waals surface area (Å²) in [7, 11) is 0. The van der Waals surface area contributed by atoms with E-state index in [1.807, 2.05) is 19.9 Å². The summed E-state index contributed by atoms with van der Waals surface area (Å²) in [6.07, 6.45) is 1.04. The van der Waals surface area contributed by atoms with Gasteiger partial charge in [-0.3, -0.25) is 9.59 Å². The standard InChI is InChI=1S/C21H27N3O2S/c1-15(2)12-22-20(25)21(26)23-13-18(19-8-5-11-27-19)24-10-9-16-6-3-4-7-17(16)14-24/h3-8,11,15,18H,9-10,12-14H2,1-2H3,(H,22,25)(H,23,26)/p+1/t18-/m1/s1. The molecule has 2 amide bonds. The van der Waals surface area contributed by atoms with E-state index in [9.17, 15) is 9.59 Å². The highest BCUT2D eigenvalue weighted by molar-refractivity contribution is 7.10.